The van der Waals surface area contributed by atoms with Crippen LogP contribution >= 0.6 is 0 Å². The van der Waals surface area contributed by atoms with Gasteiger partial charge in [0.2, 0.25) is 0 Å². The fourth-order valence-electron chi connectivity index (χ4n) is 3.47. The molecule has 26 heavy (non-hydrogen) atoms. The molecule has 2 heterocycles. The van der Waals surface area contributed by atoms with Crippen molar-refractivity contribution < 1.29 is 4.42 Å². The lowest BCUT2D eigenvalue weighted by molar-refractivity contribution is 0.603. The quantitative estimate of drug-likeness (QED) is 0.595. The molecule has 2 aromatic heterocycles. The molecule has 2 aromatic carbocycles. The molecule has 1 atom stereocenters. The number of nitrogens with two attached hydrogens (primary N) is 1. The number of hydrogen-bond donors (Lipinski definition) is 1. The Labute approximate surface area is 151 Å². The second-order valence-electron chi connectivity index (χ2n) is 6.98. The van der Waals surface area contributed by atoms with Crippen molar-refractivity contribution in [1.29, 1.82) is 0 Å². The summed E-state index contributed by atoms with van der Waals surface area (Å²) in [7, 11) is 1.89. The minimum atomic E-state index is -0.225. The zero-order valence-corrected chi connectivity index (χ0v) is 15.3. The largest absolute Gasteiger partial charge is 0.455 e. The van der Waals surface area contributed by atoms with Gasteiger partial charge in [-0.3, -0.25) is 9.48 Å². The molecule has 1 unspecified atom stereocenters. The van der Waals surface area contributed by atoms with Crippen LogP contribution in [-0.4, -0.2) is 9.78 Å². The van der Waals surface area contributed by atoms with Crippen LogP contribution in [0.1, 0.15) is 29.7 Å². The van der Waals surface area contributed by atoms with Crippen molar-refractivity contribution >= 4 is 21.9 Å². The molecule has 0 radical (unpaired) electrons. The van der Waals surface area contributed by atoms with Crippen LogP contribution in [0.5, 0.6) is 0 Å². The summed E-state index contributed by atoms with van der Waals surface area (Å²) in [6, 6.07) is 9.51. The van der Waals surface area contributed by atoms with Gasteiger partial charge in [-0.2, -0.15) is 5.10 Å². The second-order valence-corrected chi connectivity index (χ2v) is 6.98. The van der Waals surface area contributed by atoms with Crippen LogP contribution in [0.15, 0.2) is 45.7 Å². The van der Waals surface area contributed by atoms with E-state index in [9.17, 15) is 4.79 Å². The van der Waals surface area contributed by atoms with Crippen molar-refractivity contribution in [3.05, 3.63) is 63.4 Å². The van der Waals surface area contributed by atoms with Crippen LogP contribution in [-0.2, 0) is 7.05 Å². The van der Waals surface area contributed by atoms with E-state index in [0.717, 1.165) is 27.6 Å². The molecule has 0 aliphatic carbocycles. The maximum Gasteiger partial charge on any atom is 0.196 e. The maximum atomic E-state index is 13.0. The van der Waals surface area contributed by atoms with E-state index in [1.807, 2.05) is 64.3 Å². The van der Waals surface area contributed by atoms with Crippen molar-refractivity contribution in [1.82, 2.24) is 9.78 Å². The van der Waals surface area contributed by atoms with Gasteiger partial charge in [-0.25, -0.2) is 0 Å². The van der Waals surface area contributed by atoms with Gasteiger partial charge in [0.15, 0.2) is 5.43 Å². The average molecular weight is 347 g/mol. The summed E-state index contributed by atoms with van der Waals surface area (Å²) in [5.41, 5.74) is 10.9. The minimum Gasteiger partial charge on any atom is -0.455 e. The number of fused-ring (bicyclic) bond motifs is 2. The molecular formula is C21H21N3O2. The lowest BCUT2D eigenvalue weighted by Gasteiger charge is -2.13. The van der Waals surface area contributed by atoms with E-state index < -0.39 is 0 Å². The highest BCUT2D eigenvalue weighted by Gasteiger charge is 2.17. The smallest absolute Gasteiger partial charge is 0.196 e. The molecule has 2 N–H and O–H groups in total. The zero-order chi connectivity index (χ0) is 18.6. The molecule has 0 spiro atoms. The Morgan fingerprint density at radius 1 is 1.19 bits per heavy atom. The van der Waals surface area contributed by atoms with Crippen molar-refractivity contribution in [3.63, 3.8) is 0 Å². The highest BCUT2D eigenvalue weighted by Crippen LogP contribution is 2.31. The van der Waals surface area contributed by atoms with Gasteiger partial charge in [-0.1, -0.05) is 6.07 Å². The summed E-state index contributed by atoms with van der Waals surface area (Å²) >= 11 is 0. The Morgan fingerprint density at radius 3 is 2.69 bits per heavy atom. The van der Waals surface area contributed by atoms with Crippen molar-refractivity contribution in [2.24, 2.45) is 12.8 Å². The Hall–Kier alpha value is -2.92. The van der Waals surface area contributed by atoms with Crippen LogP contribution in [0.2, 0.25) is 0 Å². The maximum absolute atomic E-state index is 13.0. The van der Waals surface area contributed by atoms with Crippen LogP contribution in [0.25, 0.3) is 33.2 Å². The first-order chi connectivity index (χ1) is 12.3. The van der Waals surface area contributed by atoms with E-state index in [0.29, 0.717) is 22.3 Å². The van der Waals surface area contributed by atoms with Crippen LogP contribution < -0.4 is 11.2 Å². The summed E-state index contributed by atoms with van der Waals surface area (Å²) < 4.78 is 8.03. The summed E-state index contributed by atoms with van der Waals surface area (Å²) in [4.78, 5) is 13.0. The van der Waals surface area contributed by atoms with Gasteiger partial charge in [-0.05, 0) is 50.6 Å². The third kappa shape index (κ3) is 2.52. The monoisotopic (exact) mass is 347 g/mol. The average Bonchev–Trinajstić information content (AvgIpc) is 2.96. The summed E-state index contributed by atoms with van der Waals surface area (Å²) in [6.07, 6.45) is 1.95. The fraction of sp³-hybridized carbons (Fsp3) is 0.238. The number of aryl methyl sites for hydroxylation is 2. The van der Waals surface area contributed by atoms with Gasteiger partial charge in [0.1, 0.15) is 11.3 Å². The predicted octanol–water partition coefficient (Wildman–Crippen LogP) is 3.98. The molecule has 0 amide bonds. The van der Waals surface area contributed by atoms with E-state index in [4.69, 9.17) is 10.2 Å². The van der Waals surface area contributed by atoms with E-state index in [1.165, 1.54) is 0 Å². The molecule has 4 rings (SSSR count). The molecule has 0 fully saturated rings. The standard InChI is InChI=1S/C21H21N3O2/c1-11-7-16(13(3)22)21-17(8-11)19(25)12(2)20(26-21)14-5-6-18-15(9-14)10-24(4)23-18/h5-10,13H,22H2,1-4H3. The second kappa shape index (κ2) is 5.81. The lowest BCUT2D eigenvalue weighted by atomic mass is 9.99. The third-order valence-corrected chi connectivity index (χ3v) is 4.76. The van der Waals surface area contributed by atoms with Crippen LogP contribution in [0.4, 0.5) is 0 Å². The molecule has 0 aliphatic rings. The molecule has 0 bridgehead atoms. The third-order valence-electron chi connectivity index (χ3n) is 4.76. The molecule has 0 saturated heterocycles. The Balaban J connectivity index is 2.05. The number of hydrogen-bond acceptors (Lipinski definition) is 4. The lowest BCUT2D eigenvalue weighted by Crippen LogP contribution is -2.12. The van der Waals surface area contributed by atoms with Gasteiger partial charge >= 0.3 is 0 Å². The van der Waals surface area contributed by atoms with E-state index in [2.05, 4.69) is 5.10 Å². The molecule has 0 saturated carbocycles. The Bertz CT molecular complexity index is 1220. The number of aromatic nitrogens is 2. The summed E-state index contributed by atoms with van der Waals surface area (Å²) in [5, 5.41) is 5.98. The zero-order valence-electron chi connectivity index (χ0n) is 15.3. The predicted molar refractivity (Wildman–Crippen MR) is 104 cm³/mol. The first-order valence-corrected chi connectivity index (χ1v) is 8.62. The van der Waals surface area contributed by atoms with Gasteiger partial charge < -0.3 is 10.2 Å². The molecule has 4 aromatic rings. The number of nitrogens with zero attached hydrogens (tertiary/aromatic N) is 2. The highest BCUT2D eigenvalue weighted by atomic mass is 16.3. The Kier molecular flexibility index (Phi) is 3.70. The Morgan fingerprint density at radius 2 is 1.96 bits per heavy atom. The summed E-state index contributed by atoms with van der Waals surface area (Å²) in [6.45, 7) is 5.67. The van der Waals surface area contributed by atoms with Gasteiger partial charge in [0.05, 0.1) is 10.9 Å². The van der Waals surface area contributed by atoms with Crippen LogP contribution in [0, 0.1) is 13.8 Å². The van der Waals surface area contributed by atoms with E-state index in [1.54, 1.807) is 4.68 Å². The van der Waals surface area contributed by atoms with Crippen LogP contribution in [0.3, 0.4) is 0 Å². The summed E-state index contributed by atoms with van der Waals surface area (Å²) in [5.74, 6) is 0.582. The van der Waals surface area contributed by atoms with Crippen molar-refractivity contribution in [2.45, 2.75) is 26.8 Å². The SMILES string of the molecule is Cc1cc(C(C)N)c2oc(-c3ccc4nn(C)cc4c3)c(C)c(=O)c2c1. The normalized spacial score (nSPS) is 12.8. The number of benzene rings is 2. The minimum absolute atomic E-state index is 0.0156. The molecule has 5 heteroatoms. The number of rotatable bonds is 2. The topological polar surface area (TPSA) is 74.0 Å². The van der Waals surface area contributed by atoms with E-state index in [-0.39, 0.29) is 11.5 Å². The van der Waals surface area contributed by atoms with E-state index >= 15 is 0 Å². The van der Waals surface area contributed by atoms with Gasteiger partial charge in [-0.15, -0.1) is 0 Å². The molecular weight excluding hydrogens is 326 g/mol. The first-order valence-electron chi connectivity index (χ1n) is 8.62. The van der Waals surface area contributed by atoms with Crippen molar-refractivity contribution in [3.8, 4) is 11.3 Å². The molecule has 0 aliphatic heterocycles. The van der Waals surface area contributed by atoms with Gasteiger partial charge in [0.25, 0.3) is 0 Å². The highest BCUT2D eigenvalue weighted by molar-refractivity contribution is 5.87. The fourth-order valence-corrected chi connectivity index (χ4v) is 3.47. The van der Waals surface area contributed by atoms with Gasteiger partial charge in [0, 0.05) is 41.4 Å². The first kappa shape index (κ1) is 16.5. The molecule has 5 nitrogen and oxygen atoms in total. The van der Waals surface area contributed by atoms with Crippen molar-refractivity contribution in [2.75, 3.05) is 0 Å². The molecule has 132 valence electrons.